The molecule has 0 heterocycles. The molecule has 0 N–H and O–H groups in total. The van der Waals surface area contributed by atoms with Crippen molar-refractivity contribution in [1.29, 1.82) is 0 Å². The summed E-state index contributed by atoms with van der Waals surface area (Å²) in [6, 6.07) is 5.58. The highest BCUT2D eigenvalue weighted by Crippen LogP contribution is 2.31. The van der Waals surface area contributed by atoms with Gasteiger partial charge in [0, 0.05) is 0 Å². The molecular formula is C9H9Cl2F3Si. The van der Waals surface area contributed by atoms with Crippen molar-refractivity contribution in [2.24, 2.45) is 0 Å². The minimum atomic E-state index is -4.40. The van der Waals surface area contributed by atoms with Gasteiger partial charge in [-0.25, -0.2) is 0 Å². The Hall–Kier alpha value is -0.193. The molecule has 6 heteroatoms. The average molecular weight is 273 g/mol. The van der Waals surface area contributed by atoms with Crippen LogP contribution >= 0.6 is 22.2 Å². The van der Waals surface area contributed by atoms with E-state index in [2.05, 4.69) is 0 Å². The fourth-order valence-electron chi connectivity index (χ4n) is 1.24. The Kier molecular flexibility index (Phi) is 3.74. The monoisotopic (exact) mass is 272 g/mol. The van der Waals surface area contributed by atoms with Crippen molar-refractivity contribution in [3.63, 3.8) is 0 Å². The SMILES string of the molecule is CC[Si](Cl)(Cl)c1ccccc1C(F)(F)F. The fourth-order valence-corrected chi connectivity index (χ4v) is 3.57. The van der Waals surface area contributed by atoms with E-state index in [4.69, 9.17) is 22.2 Å². The molecule has 0 bridgehead atoms. The van der Waals surface area contributed by atoms with Crippen molar-refractivity contribution in [3.05, 3.63) is 29.8 Å². The third-order valence-electron chi connectivity index (χ3n) is 2.07. The molecule has 0 aliphatic rings. The Labute approximate surface area is 96.4 Å². The largest absolute Gasteiger partial charge is 0.416 e. The van der Waals surface area contributed by atoms with Crippen LogP contribution in [0, 0.1) is 0 Å². The highest BCUT2D eigenvalue weighted by atomic mass is 35.7. The molecule has 0 nitrogen and oxygen atoms in total. The van der Waals surface area contributed by atoms with Crippen molar-refractivity contribution in [3.8, 4) is 0 Å². The summed E-state index contributed by atoms with van der Waals surface area (Å²) in [6.07, 6.45) is -4.40. The van der Waals surface area contributed by atoms with E-state index < -0.39 is 18.4 Å². The van der Waals surface area contributed by atoms with E-state index in [-0.39, 0.29) is 5.19 Å². The van der Waals surface area contributed by atoms with Gasteiger partial charge in [-0.3, -0.25) is 0 Å². The van der Waals surface area contributed by atoms with E-state index in [1.807, 2.05) is 0 Å². The molecule has 0 radical (unpaired) electrons. The molecule has 0 amide bonds. The third kappa shape index (κ3) is 2.89. The van der Waals surface area contributed by atoms with Gasteiger partial charge in [0.2, 0.25) is 0 Å². The Bertz CT molecular complexity index is 349. The van der Waals surface area contributed by atoms with Gasteiger partial charge < -0.3 is 0 Å². The maximum atomic E-state index is 12.6. The van der Waals surface area contributed by atoms with Gasteiger partial charge in [-0.2, -0.15) is 13.2 Å². The number of benzene rings is 1. The molecular weight excluding hydrogens is 264 g/mol. The van der Waals surface area contributed by atoms with Crippen molar-refractivity contribution < 1.29 is 13.2 Å². The van der Waals surface area contributed by atoms with Crippen LogP contribution in [0.3, 0.4) is 0 Å². The molecule has 15 heavy (non-hydrogen) atoms. The van der Waals surface area contributed by atoms with Crippen molar-refractivity contribution >= 4 is 34.0 Å². The number of halogens is 5. The summed E-state index contributed by atoms with van der Waals surface area (Å²) in [5.74, 6) is 0. The van der Waals surface area contributed by atoms with E-state index in [9.17, 15) is 13.2 Å². The lowest BCUT2D eigenvalue weighted by Gasteiger charge is -2.20. The predicted molar refractivity (Wildman–Crippen MR) is 59.0 cm³/mol. The minimum absolute atomic E-state index is 0.0448. The summed E-state index contributed by atoms with van der Waals surface area (Å²) in [5, 5.41) is 0.0448. The Morgan fingerprint density at radius 1 is 1.20 bits per heavy atom. The number of alkyl halides is 3. The van der Waals surface area contributed by atoms with E-state index in [1.54, 1.807) is 6.92 Å². The van der Waals surface area contributed by atoms with E-state index in [0.29, 0.717) is 6.04 Å². The van der Waals surface area contributed by atoms with Crippen LogP contribution in [-0.4, -0.2) is 6.69 Å². The van der Waals surface area contributed by atoms with E-state index in [1.165, 1.54) is 18.2 Å². The second kappa shape index (κ2) is 4.35. The lowest BCUT2D eigenvalue weighted by molar-refractivity contribution is -0.136. The first kappa shape index (κ1) is 12.9. The molecule has 1 aromatic carbocycles. The second-order valence-electron chi connectivity index (χ2n) is 3.10. The van der Waals surface area contributed by atoms with Gasteiger partial charge in [0.25, 0.3) is 6.69 Å². The summed E-state index contributed by atoms with van der Waals surface area (Å²) in [6.45, 7) is -1.29. The van der Waals surface area contributed by atoms with Gasteiger partial charge >= 0.3 is 6.18 Å². The van der Waals surface area contributed by atoms with Crippen LogP contribution in [0.5, 0.6) is 0 Å². The van der Waals surface area contributed by atoms with Crippen LogP contribution in [0.25, 0.3) is 0 Å². The zero-order valence-electron chi connectivity index (χ0n) is 7.91. The van der Waals surface area contributed by atoms with Crippen LogP contribution in [0.2, 0.25) is 6.04 Å². The van der Waals surface area contributed by atoms with Gasteiger partial charge in [0.1, 0.15) is 0 Å². The Balaban J connectivity index is 3.31. The van der Waals surface area contributed by atoms with Crippen molar-refractivity contribution in [1.82, 2.24) is 0 Å². The van der Waals surface area contributed by atoms with Crippen LogP contribution in [0.4, 0.5) is 13.2 Å². The van der Waals surface area contributed by atoms with E-state index >= 15 is 0 Å². The number of rotatable bonds is 2. The Morgan fingerprint density at radius 3 is 2.20 bits per heavy atom. The molecule has 0 spiro atoms. The first-order valence-electron chi connectivity index (χ1n) is 4.33. The van der Waals surface area contributed by atoms with Crippen LogP contribution < -0.4 is 5.19 Å². The molecule has 84 valence electrons. The fraction of sp³-hybridized carbons (Fsp3) is 0.333. The van der Waals surface area contributed by atoms with Gasteiger partial charge in [-0.1, -0.05) is 31.2 Å². The average Bonchev–Trinajstić information content (AvgIpc) is 2.16. The molecule has 0 saturated carbocycles. The summed E-state index contributed by atoms with van der Waals surface area (Å²) < 4.78 is 37.9. The van der Waals surface area contributed by atoms with Gasteiger partial charge in [0.15, 0.2) is 0 Å². The maximum Gasteiger partial charge on any atom is 0.416 e. The molecule has 1 aromatic rings. The first-order chi connectivity index (χ1) is 6.79. The van der Waals surface area contributed by atoms with Crippen LogP contribution in [0.15, 0.2) is 24.3 Å². The molecule has 0 unspecified atom stereocenters. The lowest BCUT2D eigenvalue weighted by Crippen LogP contribution is -2.40. The molecule has 0 aliphatic heterocycles. The normalized spacial score (nSPS) is 12.9. The zero-order valence-corrected chi connectivity index (χ0v) is 10.4. The summed E-state index contributed by atoms with van der Waals surface area (Å²) in [4.78, 5) is 0. The van der Waals surface area contributed by atoms with Crippen molar-refractivity contribution in [2.75, 3.05) is 0 Å². The summed E-state index contributed by atoms with van der Waals surface area (Å²) in [5.41, 5.74) is -0.719. The zero-order chi connectivity index (χ0) is 11.7. The highest BCUT2D eigenvalue weighted by molar-refractivity contribution is 7.51. The van der Waals surface area contributed by atoms with Crippen molar-refractivity contribution in [2.45, 2.75) is 19.1 Å². The van der Waals surface area contributed by atoms with Gasteiger partial charge in [-0.15, -0.1) is 22.2 Å². The van der Waals surface area contributed by atoms with Gasteiger partial charge in [-0.05, 0) is 11.2 Å². The quantitative estimate of drug-likeness (QED) is 0.567. The minimum Gasteiger partial charge on any atom is -0.166 e. The number of hydrogen-bond acceptors (Lipinski definition) is 0. The molecule has 0 fully saturated rings. The maximum absolute atomic E-state index is 12.6. The third-order valence-corrected chi connectivity index (χ3v) is 7.01. The van der Waals surface area contributed by atoms with Crippen LogP contribution in [-0.2, 0) is 6.18 Å². The topological polar surface area (TPSA) is 0 Å². The number of hydrogen-bond donors (Lipinski definition) is 0. The molecule has 0 aromatic heterocycles. The van der Waals surface area contributed by atoms with Crippen LogP contribution in [0.1, 0.15) is 12.5 Å². The predicted octanol–water partition coefficient (Wildman–Crippen LogP) is 3.85. The van der Waals surface area contributed by atoms with E-state index in [0.717, 1.165) is 6.07 Å². The smallest absolute Gasteiger partial charge is 0.166 e. The Morgan fingerprint density at radius 2 is 1.73 bits per heavy atom. The second-order valence-corrected chi connectivity index (χ2v) is 10.2. The summed E-state index contributed by atoms with van der Waals surface area (Å²) >= 11 is 11.9. The molecule has 0 saturated heterocycles. The molecule has 0 aliphatic carbocycles. The highest BCUT2D eigenvalue weighted by Gasteiger charge is 2.40. The lowest BCUT2D eigenvalue weighted by atomic mass is 10.2. The standard InChI is InChI=1S/C9H9Cl2F3Si/c1-2-15(10,11)8-6-4-3-5-7(8)9(12,13)14/h3-6H,2H2,1H3. The molecule has 0 atom stereocenters. The van der Waals surface area contributed by atoms with Gasteiger partial charge in [0.05, 0.1) is 5.56 Å². The molecule has 1 rings (SSSR count). The first-order valence-corrected chi connectivity index (χ1v) is 8.56. The summed E-state index contributed by atoms with van der Waals surface area (Å²) in [7, 11) is 0.